The van der Waals surface area contributed by atoms with Gasteiger partial charge in [0.1, 0.15) is 35.8 Å². The molecule has 7 atom stereocenters. The van der Waals surface area contributed by atoms with E-state index in [1.165, 1.54) is 19.2 Å². The molecule has 6 nitrogen and oxygen atoms in total. The van der Waals surface area contributed by atoms with E-state index in [1.54, 1.807) is 12.1 Å². The van der Waals surface area contributed by atoms with Crippen molar-refractivity contribution in [1.29, 1.82) is 0 Å². The highest BCUT2D eigenvalue weighted by atomic mass is 19.1. The number of hydrogen-bond acceptors (Lipinski definition) is 6. The Morgan fingerprint density at radius 1 is 0.857 bits per heavy atom. The van der Waals surface area contributed by atoms with E-state index in [0.29, 0.717) is 18.4 Å². The highest BCUT2D eigenvalue weighted by Gasteiger charge is 2.60. The normalized spacial score (nSPS) is 32.7. The van der Waals surface area contributed by atoms with Crippen molar-refractivity contribution >= 4 is 0 Å². The van der Waals surface area contributed by atoms with Crippen LogP contribution < -0.4 is 0 Å². The Labute approximate surface area is 203 Å². The minimum Gasteiger partial charge on any atom is -0.387 e. The Bertz CT molecular complexity index is 1100. The fourth-order valence-electron chi connectivity index (χ4n) is 5.03. The van der Waals surface area contributed by atoms with Crippen molar-refractivity contribution in [2.75, 3.05) is 7.11 Å². The first-order valence-electron chi connectivity index (χ1n) is 11.7. The van der Waals surface area contributed by atoms with Crippen LogP contribution in [0.3, 0.4) is 0 Å². The lowest BCUT2D eigenvalue weighted by atomic mass is 9.76. The van der Waals surface area contributed by atoms with Crippen LogP contribution in [0.15, 0.2) is 84.9 Å². The number of hydrogen-bond donors (Lipinski definition) is 2. The highest BCUT2D eigenvalue weighted by Crippen LogP contribution is 2.50. The average Bonchev–Trinajstić information content (AvgIpc) is 2.91. The number of aryl methyl sites for hydroxylation is 1. The molecule has 7 heteroatoms. The van der Waals surface area contributed by atoms with Crippen LogP contribution in [0, 0.1) is 5.82 Å². The maximum Gasteiger partial charge on any atom is 0.186 e. The van der Waals surface area contributed by atoms with Crippen molar-refractivity contribution in [3.8, 4) is 0 Å². The summed E-state index contributed by atoms with van der Waals surface area (Å²) in [7, 11) is 1.40. The Kier molecular flexibility index (Phi) is 6.98. The fraction of sp³-hybridized carbons (Fsp3) is 0.357. The number of methoxy groups -OCH3 is 1. The fourth-order valence-corrected chi connectivity index (χ4v) is 5.03. The maximum atomic E-state index is 13.9. The first-order valence-corrected chi connectivity index (χ1v) is 11.7. The highest BCUT2D eigenvalue weighted by molar-refractivity contribution is 5.29. The molecule has 0 radical (unpaired) electrons. The summed E-state index contributed by atoms with van der Waals surface area (Å²) in [6.45, 7) is 0. The van der Waals surface area contributed by atoms with Crippen LogP contribution in [0.2, 0.25) is 0 Å². The number of benzene rings is 3. The predicted octanol–water partition coefficient (Wildman–Crippen LogP) is 3.86. The number of ether oxygens (including phenoxy) is 4. The maximum absolute atomic E-state index is 13.9. The molecule has 0 amide bonds. The van der Waals surface area contributed by atoms with E-state index >= 15 is 0 Å². The van der Waals surface area contributed by atoms with E-state index < -0.39 is 42.6 Å². The van der Waals surface area contributed by atoms with E-state index in [-0.39, 0.29) is 5.82 Å². The summed E-state index contributed by atoms with van der Waals surface area (Å²) in [5, 5.41) is 21.7. The molecule has 2 aliphatic rings. The third kappa shape index (κ3) is 4.63. The largest absolute Gasteiger partial charge is 0.387 e. The van der Waals surface area contributed by atoms with E-state index in [0.717, 1.165) is 11.1 Å². The minimum absolute atomic E-state index is 0.370. The molecule has 5 rings (SSSR count). The van der Waals surface area contributed by atoms with Gasteiger partial charge in [0.15, 0.2) is 12.6 Å². The zero-order chi connectivity index (χ0) is 24.4. The summed E-state index contributed by atoms with van der Waals surface area (Å²) < 4.78 is 38.5. The van der Waals surface area contributed by atoms with Crippen LogP contribution in [-0.4, -0.2) is 48.0 Å². The summed E-state index contributed by atoms with van der Waals surface area (Å²) in [6.07, 6.45) is -5.19. The quantitative estimate of drug-likeness (QED) is 0.558. The van der Waals surface area contributed by atoms with E-state index in [9.17, 15) is 14.6 Å². The number of aliphatic hydroxyl groups is 2. The van der Waals surface area contributed by atoms with Crippen molar-refractivity contribution in [2.24, 2.45) is 0 Å². The Morgan fingerprint density at radius 3 is 2.17 bits per heavy atom. The second-order valence-electron chi connectivity index (χ2n) is 8.99. The van der Waals surface area contributed by atoms with Crippen LogP contribution in [0.5, 0.6) is 0 Å². The number of aliphatic hydroxyl groups excluding tert-OH is 2. The van der Waals surface area contributed by atoms with Gasteiger partial charge in [-0.25, -0.2) is 4.39 Å². The van der Waals surface area contributed by atoms with Crippen molar-refractivity contribution in [3.05, 3.63) is 107 Å². The van der Waals surface area contributed by atoms with E-state index in [4.69, 9.17) is 18.9 Å². The lowest BCUT2D eigenvalue weighted by molar-refractivity contribution is -0.407. The number of halogens is 1. The molecule has 2 heterocycles. The molecule has 3 aromatic carbocycles. The molecule has 2 aliphatic heterocycles. The molecule has 0 aromatic heterocycles. The van der Waals surface area contributed by atoms with Crippen LogP contribution in [0.4, 0.5) is 4.39 Å². The van der Waals surface area contributed by atoms with Crippen molar-refractivity contribution in [1.82, 2.24) is 0 Å². The van der Waals surface area contributed by atoms with Crippen LogP contribution in [0.25, 0.3) is 0 Å². The molecule has 184 valence electrons. The molecular weight excluding hydrogens is 451 g/mol. The Morgan fingerprint density at radius 2 is 1.51 bits per heavy atom. The standard InChI is InChI=1S/C28H29FO6/c1-32-27-23(31)22(30)24-25(34-27)28(20-12-14-21(29)15-13-20,17-16-18-8-4-2-5-9-18)35-26(33-24)19-10-6-3-7-11-19/h2-15,22-27,30-31H,16-17H2,1H3/t22-,23-,24+,25+,26+,27+,28-/m1/s1. The topological polar surface area (TPSA) is 77.4 Å². The van der Waals surface area contributed by atoms with Gasteiger partial charge in [-0.15, -0.1) is 0 Å². The second kappa shape index (κ2) is 10.1. The zero-order valence-corrected chi connectivity index (χ0v) is 19.4. The molecule has 0 spiro atoms. The van der Waals surface area contributed by atoms with Crippen molar-refractivity contribution < 1.29 is 33.6 Å². The van der Waals surface area contributed by atoms with Crippen LogP contribution in [0.1, 0.15) is 29.4 Å². The number of rotatable bonds is 6. The van der Waals surface area contributed by atoms with Gasteiger partial charge in [-0.3, -0.25) is 0 Å². The Balaban J connectivity index is 1.62. The summed E-state index contributed by atoms with van der Waals surface area (Å²) in [4.78, 5) is 0. The summed E-state index contributed by atoms with van der Waals surface area (Å²) in [5.74, 6) is -0.370. The smallest absolute Gasteiger partial charge is 0.186 e. The predicted molar refractivity (Wildman–Crippen MR) is 126 cm³/mol. The first kappa shape index (κ1) is 24.1. The van der Waals surface area contributed by atoms with Crippen LogP contribution >= 0.6 is 0 Å². The third-order valence-electron chi connectivity index (χ3n) is 6.87. The molecular formula is C28H29FO6. The minimum atomic E-state index is -1.31. The summed E-state index contributed by atoms with van der Waals surface area (Å²) in [5.41, 5.74) is 1.40. The molecule has 0 bridgehead atoms. The van der Waals surface area contributed by atoms with Gasteiger partial charge >= 0.3 is 0 Å². The number of fused-ring (bicyclic) bond motifs is 1. The molecule has 2 saturated heterocycles. The molecule has 0 unspecified atom stereocenters. The first-order chi connectivity index (χ1) is 17.0. The van der Waals surface area contributed by atoms with Gasteiger partial charge in [0.2, 0.25) is 0 Å². The van der Waals surface area contributed by atoms with Gasteiger partial charge in [-0.1, -0.05) is 72.8 Å². The molecule has 3 aromatic rings. The molecule has 35 heavy (non-hydrogen) atoms. The molecule has 2 N–H and O–H groups in total. The van der Waals surface area contributed by atoms with Crippen LogP contribution in [-0.2, 0) is 31.0 Å². The summed E-state index contributed by atoms with van der Waals surface area (Å²) in [6, 6.07) is 25.5. The second-order valence-corrected chi connectivity index (χ2v) is 8.99. The molecule has 0 saturated carbocycles. The summed E-state index contributed by atoms with van der Waals surface area (Å²) >= 11 is 0. The molecule has 0 aliphatic carbocycles. The zero-order valence-electron chi connectivity index (χ0n) is 19.4. The van der Waals surface area contributed by atoms with Gasteiger partial charge in [-0.05, 0) is 36.1 Å². The van der Waals surface area contributed by atoms with Crippen molar-refractivity contribution in [3.63, 3.8) is 0 Å². The lowest BCUT2D eigenvalue weighted by Crippen LogP contribution is -2.68. The van der Waals surface area contributed by atoms with E-state index in [1.807, 2.05) is 60.7 Å². The Hall–Kier alpha value is -2.65. The third-order valence-corrected chi connectivity index (χ3v) is 6.87. The van der Waals surface area contributed by atoms with Gasteiger partial charge in [0.25, 0.3) is 0 Å². The SMILES string of the molecule is CO[C@H]1O[C@H]2[C@@H](O[C@H](c3ccccc3)O[C@]2(CCc2ccccc2)c2ccc(F)cc2)[C@H](O)[C@H]1O. The average molecular weight is 481 g/mol. The van der Waals surface area contributed by atoms with Gasteiger partial charge in [0, 0.05) is 12.7 Å². The monoisotopic (exact) mass is 480 g/mol. The van der Waals surface area contributed by atoms with Gasteiger partial charge in [0.05, 0.1) is 0 Å². The molecule has 2 fully saturated rings. The lowest BCUT2D eigenvalue weighted by Gasteiger charge is -2.55. The van der Waals surface area contributed by atoms with Gasteiger partial charge in [-0.2, -0.15) is 0 Å². The van der Waals surface area contributed by atoms with Crippen molar-refractivity contribution in [2.45, 2.75) is 55.4 Å². The van der Waals surface area contributed by atoms with E-state index in [2.05, 4.69) is 0 Å². The van der Waals surface area contributed by atoms with Gasteiger partial charge < -0.3 is 29.2 Å².